The molecule has 1 amide bonds. The van der Waals surface area contributed by atoms with Crippen molar-refractivity contribution < 1.29 is 9.53 Å². The van der Waals surface area contributed by atoms with Crippen molar-refractivity contribution in [3.63, 3.8) is 0 Å². The smallest absolute Gasteiger partial charge is 0.275 e. The van der Waals surface area contributed by atoms with Gasteiger partial charge in [0.1, 0.15) is 11.4 Å². The predicted molar refractivity (Wildman–Crippen MR) is 108 cm³/mol. The van der Waals surface area contributed by atoms with Crippen LogP contribution in [0.15, 0.2) is 67.0 Å². The van der Waals surface area contributed by atoms with Crippen molar-refractivity contribution in [2.24, 2.45) is 0 Å². The SMILES string of the molecule is Cc1cccc(Oc2ccc(NC(=O)c3cnc4ccccc4n3)cn2)c1C. The number of nitrogens with one attached hydrogen (secondary N) is 1. The Bertz CT molecular complexity index is 1160. The molecule has 2 aromatic carbocycles. The highest BCUT2D eigenvalue weighted by Crippen LogP contribution is 2.26. The maximum Gasteiger partial charge on any atom is 0.275 e. The molecule has 138 valence electrons. The highest BCUT2D eigenvalue weighted by atomic mass is 16.5. The number of amides is 1. The number of benzene rings is 2. The normalized spacial score (nSPS) is 10.6. The molecular formula is C22H18N4O2. The number of aromatic nitrogens is 3. The summed E-state index contributed by atoms with van der Waals surface area (Å²) in [6, 6.07) is 16.7. The lowest BCUT2D eigenvalue weighted by atomic mass is 10.1. The molecule has 0 aliphatic rings. The average Bonchev–Trinajstić information content (AvgIpc) is 2.72. The molecule has 0 saturated carbocycles. The first-order valence-corrected chi connectivity index (χ1v) is 8.83. The molecule has 28 heavy (non-hydrogen) atoms. The van der Waals surface area contributed by atoms with Gasteiger partial charge in [-0.25, -0.2) is 9.97 Å². The molecule has 0 saturated heterocycles. The molecule has 0 atom stereocenters. The van der Waals surface area contributed by atoms with Gasteiger partial charge < -0.3 is 10.1 Å². The lowest BCUT2D eigenvalue weighted by molar-refractivity contribution is 0.102. The maximum atomic E-state index is 12.4. The number of fused-ring (bicyclic) bond motifs is 1. The van der Waals surface area contributed by atoms with Crippen molar-refractivity contribution in [3.05, 3.63) is 83.8 Å². The first-order valence-electron chi connectivity index (χ1n) is 8.83. The van der Waals surface area contributed by atoms with Gasteiger partial charge in [-0.1, -0.05) is 24.3 Å². The molecule has 0 aliphatic heterocycles. The maximum absolute atomic E-state index is 12.4. The van der Waals surface area contributed by atoms with Crippen molar-refractivity contribution >= 4 is 22.6 Å². The van der Waals surface area contributed by atoms with Gasteiger partial charge in [0.15, 0.2) is 0 Å². The van der Waals surface area contributed by atoms with Gasteiger partial charge in [0.2, 0.25) is 5.88 Å². The van der Waals surface area contributed by atoms with Crippen molar-refractivity contribution in [1.82, 2.24) is 15.0 Å². The molecule has 4 rings (SSSR count). The highest BCUT2D eigenvalue weighted by molar-refractivity contribution is 6.03. The summed E-state index contributed by atoms with van der Waals surface area (Å²) in [6.45, 7) is 4.04. The molecule has 1 N–H and O–H groups in total. The minimum Gasteiger partial charge on any atom is -0.439 e. The van der Waals surface area contributed by atoms with Crippen molar-refractivity contribution in [3.8, 4) is 11.6 Å². The van der Waals surface area contributed by atoms with Gasteiger partial charge in [0.05, 0.1) is 29.1 Å². The van der Waals surface area contributed by atoms with Gasteiger partial charge >= 0.3 is 0 Å². The van der Waals surface area contributed by atoms with E-state index >= 15 is 0 Å². The summed E-state index contributed by atoms with van der Waals surface area (Å²) in [6.07, 6.45) is 3.01. The quantitative estimate of drug-likeness (QED) is 0.564. The summed E-state index contributed by atoms with van der Waals surface area (Å²) < 4.78 is 5.84. The molecule has 0 fully saturated rings. The van der Waals surface area contributed by atoms with Crippen LogP contribution in [0.1, 0.15) is 21.6 Å². The van der Waals surface area contributed by atoms with Gasteiger partial charge in [-0.05, 0) is 49.2 Å². The first kappa shape index (κ1) is 17.6. The van der Waals surface area contributed by atoms with Crippen molar-refractivity contribution in [2.45, 2.75) is 13.8 Å². The number of carbonyl (C=O) groups is 1. The Morgan fingerprint density at radius 2 is 1.71 bits per heavy atom. The topological polar surface area (TPSA) is 77.0 Å². The van der Waals surface area contributed by atoms with E-state index in [1.165, 1.54) is 6.20 Å². The van der Waals surface area contributed by atoms with Crippen LogP contribution in [0.25, 0.3) is 11.0 Å². The van der Waals surface area contributed by atoms with E-state index < -0.39 is 0 Å². The van der Waals surface area contributed by atoms with Crippen molar-refractivity contribution in [2.75, 3.05) is 5.32 Å². The second-order valence-electron chi connectivity index (χ2n) is 6.38. The summed E-state index contributed by atoms with van der Waals surface area (Å²) in [5.74, 6) is 0.871. The fourth-order valence-electron chi connectivity index (χ4n) is 2.72. The second kappa shape index (κ2) is 7.44. The van der Waals surface area contributed by atoms with Gasteiger partial charge in [0.25, 0.3) is 5.91 Å². The average molecular weight is 370 g/mol. The van der Waals surface area contributed by atoms with Gasteiger partial charge in [-0.15, -0.1) is 0 Å². The van der Waals surface area contributed by atoms with E-state index in [0.29, 0.717) is 17.1 Å². The number of hydrogen-bond acceptors (Lipinski definition) is 5. The third-order valence-electron chi connectivity index (χ3n) is 4.44. The number of hydrogen-bond donors (Lipinski definition) is 1. The van der Waals surface area contributed by atoms with E-state index in [9.17, 15) is 4.79 Å². The summed E-state index contributed by atoms with van der Waals surface area (Å²) in [5.41, 5.74) is 4.43. The fourth-order valence-corrected chi connectivity index (χ4v) is 2.72. The molecule has 6 heteroatoms. The fraction of sp³-hybridized carbons (Fsp3) is 0.0909. The molecule has 2 aromatic heterocycles. The molecule has 0 spiro atoms. The zero-order chi connectivity index (χ0) is 19.5. The number of anilines is 1. The Morgan fingerprint density at radius 1 is 0.893 bits per heavy atom. The Morgan fingerprint density at radius 3 is 2.50 bits per heavy atom. The van der Waals surface area contributed by atoms with E-state index in [2.05, 4.69) is 20.3 Å². The third kappa shape index (κ3) is 3.66. The van der Waals surface area contributed by atoms with E-state index in [1.807, 2.05) is 56.3 Å². The second-order valence-corrected chi connectivity index (χ2v) is 6.38. The molecular weight excluding hydrogens is 352 g/mol. The van der Waals surface area contributed by atoms with E-state index in [0.717, 1.165) is 22.4 Å². The van der Waals surface area contributed by atoms with Crippen LogP contribution in [0.4, 0.5) is 5.69 Å². The zero-order valence-corrected chi connectivity index (χ0v) is 15.5. The van der Waals surface area contributed by atoms with Gasteiger partial charge in [0, 0.05) is 6.07 Å². The highest BCUT2D eigenvalue weighted by Gasteiger charge is 2.10. The Balaban J connectivity index is 1.47. The molecule has 0 aliphatic carbocycles. The summed E-state index contributed by atoms with van der Waals surface area (Å²) in [5, 5.41) is 2.77. The Labute approximate surface area is 162 Å². The van der Waals surface area contributed by atoms with Crippen LogP contribution in [-0.2, 0) is 0 Å². The van der Waals surface area contributed by atoms with Crippen LogP contribution < -0.4 is 10.1 Å². The minimum absolute atomic E-state index is 0.245. The van der Waals surface area contributed by atoms with Gasteiger partial charge in [-0.3, -0.25) is 9.78 Å². The number of ether oxygens (including phenoxy) is 1. The molecule has 2 heterocycles. The number of para-hydroxylation sites is 2. The number of pyridine rings is 1. The minimum atomic E-state index is -0.344. The van der Waals surface area contributed by atoms with E-state index in [1.54, 1.807) is 18.3 Å². The van der Waals surface area contributed by atoms with E-state index in [4.69, 9.17) is 4.74 Å². The van der Waals surface area contributed by atoms with Crippen LogP contribution in [0, 0.1) is 13.8 Å². The monoisotopic (exact) mass is 370 g/mol. The largest absolute Gasteiger partial charge is 0.439 e. The molecule has 6 nitrogen and oxygen atoms in total. The number of nitrogens with zero attached hydrogens (tertiary/aromatic N) is 3. The zero-order valence-electron chi connectivity index (χ0n) is 15.5. The summed E-state index contributed by atoms with van der Waals surface area (Å²) >= 11 is 0. The van der Waals surface area contributed by atoms with Crippen LogP contribution in [-0.4, -0.2) is 20.9 Å². The number of aryl methyl sites for hydroxylation is 1. The van der Waals surface area contributed by atoms with Crippen LogP contribution in [0.3, 0.4) is 0 Å². The molecule has 4 aromatic rings. The molecule has 0 radical (unpaired) electrons. The third-order valence-corrected chi connectivity index (χ3v) is 4.44. The van der Waals surface area contributed by atoms with Crippen LogP contribution in [0.2, 0.25) is 0 Å². The Hall–Kier alpha value is -3.80. The van der Waals surface area contributed by atoms with Gasteiger partial charge in [-0.2, -0.15) is 0 Å². The number of rotatable bonds is 4. The molecule has 0 bridgehead atoms. The first-order chi connectivity index (χ1) is 13.6. The lowest BCUT2D eigenvalue weighted by Gasteiger charge is -2.10. The van der Waals surface area contributed by atoms with Crippen LogP contribution >= 0.6 is 0 Å². The number of carbonyl (C=O) groups excluding carboxylic acids is 1. The lowest BCUT2D eigenvalue weighted by Crippen LogP contribution is -2.14. The molecule has 0 unspecified atom stereocenters. The van der Waals surface area contributed by atoms with E-state index in [-0.39, 0.29) is 11.6 Å². The van der Waals surface area contributed by atoms with Crippen LogP contribution in [0.5, 0.6) is 11.6 Å². The predicted octanol–water partition coefficient (Wildman–Crippen LogP) is 4.69. The summed E-state index contributed by atoms with van der Waals surface area (Å²) in [4.78, 5) is 25.3. The van der Waals surface area contributed by atoms with Crippen molar-refractivity contribution in [1.29, 1.82) is 0 Å². The standard InChI is InChI=1S/C22H18N4O2/c1-14-6-5-9-20(15(14)2)28-21-11-10-16(12-24-21)25-22(27)19-13-23-17-7-3-4-8-18(17)26-19/h3-13H,1-2H3,(H,25,27). The summed E-state index contributed by atoms with van der Waals surface area (Å²) in [7, 11) is 0. The Kier molecular flexibility index (Phi) is 4.68.